The molecule has 0 aromatic carbocycles. The molecule has 3 unspecified atom stereocenters. The van der Waals surface area contributed by atoms with Gasteiger partial charge in [0.2, 0.25) is 5.78 Å². The Morgan fingerprint density at radius 2 is 2.03 bits per heavy atom. The van der Waals surface area contributed by atoms with Crippen molar-refractivity contribution in [3.63, 3.8) is 0 Å². The molecule has 6 nitrogen and oxygen atoms in total. The molecule has 5 aliphatic rings. The van der Waals surface area contributed by atoms with Gasteiger partial charge in [-0.05, 0) is 62.5 Å². The van der Waals surface area contributed by atoms with E-state index in [9.17, 15) is 19.5 Å². The first-order valence-electron chi connectivity index (χ1n) is 11.0. The van der Waals surface area contributed by atoms with Crippen molar-refractivity contribution in [2.45, 2.75) is 70.7 Å². The van der Waals surface area contributed by atoms with Crippen molar-refractivity contribution in [2.24, 2.45) is 28.6 Å². The molecule has 1 aliphatic heterocycles. The van der Waals surface area contributed by atoms with Crippen LogP contribution < -0.4 is 0 Å². The Bertz CT molecular complexity index is 919. The van der Waals surface area contributed by atoms with E-state index in [0.717, 1.165) is 24.8 Å². The summed E-state index contributed by atoms with van der Waals surface area (Å²) in [7, 11) is 0. The predicted octanol–water partition coefficient (Wildman–Crippen LogP) is 2.53. The van der Waals surface area contributed by atoms with Crippen LogP contribution in [0.2, 0.25) is 0 Å². The minimum absolute atomic E-state index is 0.0371. The second kappa shape index (κ2) is 5.92. The number of epoxide rings is 1. The number of allylic oxidation sites excluding steroid dienone is 2. The van der Waals surface area contributed by atoms with Crippen LogP contribution in [0.5, 0.6) is 0 Å². The van der Waals surface area contributed by atoms with E-state index in [4.69, 9.17) is 9.47 Å². The molecule has 1 saturated heterocycles. The van der Waals surface area contributed by atoms with Crippen LogP contribution in [0.15, 0.2) is 23.8 Å². The van der Waals surface area contributed by atoms with Gasteiger partial charge in [0.15, 0.2) is 12.4 Å². The zero-order valence-electron chi connectivity index (χ0n) is 18.1. The molecule has 6 heteroatoms. The van der Waals surface area contributed by atoms with E-state index >= 15 is 0 Å². The van der Waals surface area contributed by atoms with E-state index in [1.807, 2.05) is 19.9 Å². The second-order valence-corrected chi connectivity index (χ2v) is 10.5. The van der Waals surface area contributed by atoms with Crippen molar-refractivity contribution >= 4 is 17.5 Å². The summed E-state index contributed by atoms with van der Waals surface area (Å²) in [6.45, 7) is 7.00. The SMILES string of the molecule is CC(=O)OCC(=O)C1(O)[C@@H](C)C[C@H]2[C@@H]3CCC4=CC(=O)C=C[C@]4(C)C34OC4C[C@@]21C. The quantitative estimate of drug-likeness (QED) is 0.564. The summed E-state index contributed by atoms with van der Waals surface area (Å²) in [5.74, 6) is -0.783. The lowest BCUT2D eigenvalue weighted by Crippen LogP contribution is -2.62. The Labute approximate surface area is 176 Å². The first-order chi connectivity index (χ1) is 14.0. The smallest absolute Gasteiger partial charge is 0.303 e. The molecule has 4 aliphatic carbocycles. The number of carbonyl (C=O) groups excluding carboxylic acids is 3. The van der Waals surface area contributed by atoms with E-state index in [-0.39, 0.29) is 40.7 Å². The number of aliphatic hydroxyl groups is 1. The second-order valence-electron chi connectivity index (χ2n) is 10.5. The van der Waals surface area contributed by atoms with Gasteiger partial charge in [-0.25, -0.2) is 0 Å². The van der Waals surface area contributed by atoms with Crippen LogP contribution in [0.25, 0.3) is 0 Å². The monoisotopic (exact) mass is 414 g/mol. The number of ketones is 2. The molecular formula is C24H30O6. The topological polar surface area (TPSA) is 93.2 Å². The van der Waals surface area contributed by atoms with Crippen LogP contribution in [-0.4, -0.2) is 46.6 Å². The molecule has 0 radical (unpaired) electrons. The number of fused-ring (bicyclic) bond motifs is 3. The molecule has 0 bridgehead atoms. The molecule has 8 atom stereocenters. The summed E-state index contributed by atoms with van der Waals surface area (Å²) in [5, 5.41) is 11.8. The molecule has 0 amide bonds. The highest BCUT2D eigenvalue weighted by Crippen LogP contribution is 2.76. The van der Waals surface area contributed by atoms with Gasteiger partial charge < -0.3 is 14.6 Å². The van der Waals surface area contributed by atoms with E-state index < -0.39 is 29.4 Å². The third-order valence-electron chi connectivity index (χ3n) is 9.35. The minimum atomic E-state index is -1.54. The number of hydrogen-bond donors (Lipinski definition) is 1. The van der Waals surface area contributed by atoms with Crippen molar-refractivity contribution in [1.82, 2.24) is 0 Å². The average molecular weight is 414 g/mol. The maximum atomic E-state index is 13.1. The van der Waals surface area contributed by atoms with Crippen molar-refractivity contribution in [3.05, 3.63) is 23.8 Å². The Morgan fingerprint density at radius 1 is 1.30 bits per heavy atom. The molecule has 1 N–H and O–H groups in total. The Balaban J connectivity index is 1.52. The van der Waals surface area contributed by atoms with Gasteiger partial charge in [-0.1, -0.05) is 25.5 Å². The van der Waals surface area contributed by atoms with Gasteiger partial charge in [0, 0.05) is 17.8 Å². The number of esters is 1. The van der Waals surface area contributed by atoms with Crippen molar-refractivity contribution < 1.29 is 29.0 Å². The molecule has 162 valence electrons. The van der Waals surface area contributed by atoms with Gasteiger partial charge in [-0.2, -0.15) is 0 Å². The zero-order valence-corrected chi connectivity index (χ0v) is 18.1. The molecule has 0 aromatic rings. The number of rotatable bonds is 3. The summed E-state index contributed by atoms with van der Waals surface area (Å²) < 4.78 is 11.4. The van der Waals surface area contributed by atoms with Crippen molar-refractivity contribution in [3.8, 4) is 0 Å². The third-order valence-corrected chi connectivity index (χ3v) is 9.35. The first-order valence-corrected chi connectivity index (χ1v) is 11.0. The third kappa shape index (κ3) is 2.14. The van der Waals surface area contributed by atoms with Crippen LogP contribution in [0, 0.1) is 28.6 Å². The van der Waals surface area contributed by atoms with Gasteiger partial charge in [0.1, 0.15) is 11.2 Å². The highest BCUT2D eigenvalue weighted by Gasteiger charge is 2.81. The fraction of sp³-hybridized carbons (Fsp3) is 0.708. The first kappa shape index (κ1) is 20.1. The Morgan fingerprint density at radius 3 is 2.73 bits per heavy atom. The van der Waals surface area contributed by atoms with Crippen LogP contribution in [0.4, 0.5) is 0 Å². The molecular weight excluding hydrogens is 384 g/mol. The average Bonchev–Trinajstić information content (AvgIpc) is 3.36. The summed E-state index contributed by atoms with van der Waals surface area (Å²) in [6, 6.07) is 0. The van der Waals surface area contributed by atoms with Crippen molar-refractivity contribution in [1.29, 1.82) is 0 Å². The highest BCUT2D eigenvalue weighted by molar-refractivity contribution is 6.01. The fourth-order valence-corrected chi connectivity index (χ4v) is 7.85. The predicted molar refractivity (Wildman–Crippen MR) is 107 cm³/mol. The maximum Gasteiger partial charge on any atom is 0.303 e. The highest BCUT2D eigenvalue weighted by atomic mass is 16.6. The van der Waals surface area contributed by atoms with Crippen molar-refractivity contribution in [2.75, 3.05) is 6.61 Å². The summed E-state index contributed by atoms with van der Waals surface area (Å²) in [4.78, 5) is 36.3. The number of ether oxygens (including phenoxy) is 2. The lowest BCUT2D eigenvalue weighted by Gasteiger charge is -2.55. The largest absolute Gasteiger partial charge is 0.458 e. The summed E-state index contributed by atoms with van der Waals surface area (Å²) in [6.07, 6.45) is 8.43. The molecule has 1 heterocycles. The van der Waals surface area contributed by atoms with Gasteiger partial charge in [0.25, 0.3) is 0 Å². The van der Waals surface area contributed by atoms with Gasteiger partial charge >= 0.3 is 5.97 Å². The lowest BCUT2D eigenvalue weighted by atomic mass is 9.46. The van der Waals surface area contributed by atoms with E-state index in [1.165, 1.54) is 6.92 Å². The van der Waals surface area contributed by atoms with Gasteiger partial charge in [-0.15, -0.1) is 0 Å². The van der Waals surface area contributed by atoms with Crippen LogP contribution in [0.1, 0.15) is 53.4 Å². The normalized spacial score (nSPS) is 50.6. The number of hydrogen-bond acceptors (Lipinski definition) is 6. The molecule has 3 saturated carbocycles. The fourth-order valence-electron chi connectivity index (χ4n) is 7.85. The Hall–Kier alpha value is -1.79. The molecule has 1 spiro atoms. The van der Waals surface area contributed by atoms with E-state index in [2.05, 4.69) is 6.92 Å². The summed E-state index contributed by atoms with van der Waals surface area (Å²) in [5.41, 5.74) is -1.71. The number of Topliss-reactive ketones (excluding diaryl/α,β-unsaturated/α-hetero) is 1. The van der Waals surface area contributed by atoms with Gasteiger partial charge in [-0.3, -0.25) is 14.4 Å². The van der Waals surface area contributed by atoms with E-state index in [0.29, 0.717) is 6.42 Å². The number of carbonyl (C=O) groups is 3. The standard InChI is InChI=1S/C24H30O6/c1-13-9-18-17-6-5-15-10-16(26)7-8-21(15,3)24(17)20(30-24)11-22(18,4)23(13,28)19(27)12-29-14(2)25/h7-8,10,13,17-18,20,28H,5-6,9,11-12H2,1-4H3/t13-,17-,18-,20?,21-,22-,23?,24?/m0/s1. The molecule has 0 aromatic heterocycles. The molecule has 5 rings (SSSR count). The maximum absolute atomic E-state index is 13.1. The zero-order chi connectivity index (χ0) is 21.7. The van der Waals surface area contributed by atoms with Crippen LogP contribution in [0.3, 0.4) is 0 Å². The summed E-state index contributed by atoms with van der Waals surface area (Å²) >= 11 is 0. The Kier molecular flexibility index (Phi) is 3.97. The van der Waals surface area contributed by atoms with E-state index in [1.54, 1.807) is 12.2 Å². The van der Waals surface area contributed by atoms with Gasteiger partial charge in [0.05, 0.1) is 6.10 Å². The van der Waals surface area contributed by atoms with Crippen LogP contribution >= 0.6 is 0 Å². The molecule has 30 heavy (non-hydrogen) atoms. The van der Waals surface area contributed by atoms with Crippen LogP contribution in [-0.2, 0) is 23.9 Å². The minimum Gasteiger partial charge on any atom is -0.458 e. The molecule has 4 fully saturated rings. The lowest BCUT2D eigenvalue weighted by molar-refractivity contribution is -0.170.